The number of benzene rings is 1. The number of aromatic nitrogens is 1. The summed E-state index contributed by atoms with van der Waals surface area (Å²) in [6, 6.07) is 8.86. The SMILES string of the molecule is CCCNC(C)c1cnc(N(C)c2cccc(C)c2)s1. The number of anilines is 2. The topological polar surface area (TPSA) is 28.2 Å². The molecule has 0 spiro atoms. The van der Waals surface area contributed by atoms with Gasteiger partial charge in [0.25, 0.3) is 0 Å². The summed E-state index contributed by atoms with van der Waals surface area (Å²) in [5.74, 6) is 0. The average molecular weight is 289 g/mol. The molecule has 0 saturated heterocycles. The zero-order valence-electron chi connectivity index (χ0n) is 12.7. The number of hydrogen-bond donors (Lipinski definition) is 1. The van der Waals surface area contributed by atoms with Gasteiger partial charge in [0.1, 0.15) is 0 Å². The molecule has 0 aliphatic carbocycles. The Kier molecular flexibility index (Phi) is 5.15. The fourth-order valence-corrected chi connectivity index (χ4v) is 2.96. The van der Waals surface area contributed by atoms with Gasteiger partial charge in [-0.1, -0.05) is 30.4 Å². The zero-order valence-corrected chi connectivity index (χ0v) is 13.5. The van der Waals surface area contributed by atoms with E-state index >= 15 is 0 Å². The van der Waals surface area contributed by atoms with Crippen molar-refractivity contribution in [2.45, 2.75) is 33.2 Å². The van der Waals surface area contributed by atoms with E-state index in [0.717, 1.165) is 18.1 Å². The van der Waals surface area contributed by atoms with E-state index in [1.165, 1.54) is 16.1 Å². The van der Waals surface area contributed by atoms with Gasteiger partial charge in [0, 0.05) is 29.9 Å². The first kappa shape index (κ1) is 15.0. The van der Waals surface area contributed by atoms with Crippen molar-refractivity contribution in [3.63, 3.8) is 0 Å². The lowest BCUT2D eigenvalue weighted by atomic mass is 10.2. The van der Waals surface area contributed by atoms with E-state index in [2.05, 4.69) is 67.3 Å². The minimum absolute atomic E-state index is 0.368. The van der Waals surface area contributed by atoms with Crippen molar-refractivity contribution < 1.29 is 0 Å². The molecule has 0 amide bonds. The summed E-state index contributed by atoms with van der Waals surface area (Å²) in [5, 5.41) is 4.54. The van der Waals surface area contributed by atoms with E-state index in [4.69, 9.17) is 0 Å². The minimum atomic E-state index is 0.368. The molecule has 20 heavy (non-hydrogen) atoms. The maximum atomic E-state index is 4.56. The molecule has 0 aliphatic rings. The van der Waals surface area contributed by atoms with Gasteiger partial charge in [-0.3, -0.25) is 0 Å². The van der Waals surface area contributed by atoms with Gasteiger partial charge >= 0.3 is 0 Å². The third kappa shape index (κ3) is 3.58. The first-order chi connectivity index (χ1) is 9.61. The van der Waals surface area contributed by atoms with Crippen LogP contribution in [-0.4, -0.2) is 18.6 Å². The number of hydrogen-bond acceptors (Lipinski definition) is 4. The quantitative estimate of drug-likeness (QED) is 0.860. The van der Waals surface area contributed by atoms with E-state index in [0.29, 0.717) is 6.04 Å². The van der Waals surface area contributed by atoms with Gasteiger partial charge in [0.15, 0.2) is 5.13 Å². The van der Waals surface area contributed by atoms with Crippen molar-refractivity contribution in [1.29, 1.82) is 0 Å². The number of rotatable bonds is 6. The van der Waals surface area contributed by atoms with Gasteiger partial charge in [0.05, 0.1) is 0 Å². The predicted octanol–water partition coefficient (Wildman–Crippen LogP) is 4.28. The van der Waals surface area contributed by atoms with Crippen LogP contribution in [-0.2, 0) is 0 Å². The minimum Gasteiger partial charge on any atom is -0.321 e. The molecule has 0 aliphatic heterocycles. The van der Waals surface area contributed by atoms with Crippen molar-refractivity contribution in [3.05, 3.63) is 40.9 Å². The largest absolute Gasteiger partial charge is 0.321 e. The summed E-state index contributed by atoms with van der Waals surface area (Å²) in [7, 11) is 2.07. The Balaban J connectivity index is 2.12. The Labute approximate surface area is 125 Å². The second kappa shape index (κ2) is 6.86. The van der Waals surface area contributed by atoms with Gasteiger partial charge in [0.2, 0.25) is 0 Å². The van der Waals surface area contributed by atoms with Crippen LogP contribution in [0.25, 0.3) is 0 Å². The summed E-state index contributed by atoms with van der Waals surface area (Å²) in [6.07, 6.45) is 3.14. The molecule has 4 heteroatoms. The van der Waals surface area contributed by atoms with Crippen LogP contribution in [0.4, 0.5) is 10.8 Å². The van der Waals surface area contributed by atoms with Crippen LogP contribution in [0.3, 0.4) is 0 Å². The third-order valence-electron chi connectivity index (χ3n) is 3.31. The highest BCUT2D eigenvalue weighted by Crippen LogP contribution is 2.31. The summed E-state index contributed by atoms with van der Waals surface area (Å²) in [4.78, 5) is 7.99. The molecule has 2 rings (SSSR count). The van der Waals surface area contributed by atoms with Crippen molar-refractivity contribution in [2.24, 2.45) is 0 Å². The highest BCUT2D eigenvalue weighted by atomic mass is 32.1. The lowest BCUT2D eigenvalue weighted by Crippen LogP contribution is -2.18. The Morgan fingerprint density at radius 2 is 2.20 bits per heavy atom. The second-order valence-electron chi connectivity index (χ2n) is 5.12. The Morgan fingerprint density at radius 3 is 2.90 bits per heavy atom. The van der Waals surface area contributed by atoms with Crippen LogP contribution in [0, 0.1) is 6.92 Å². The normalized spacial score (nSPS) is 12.4. The fourth-order valence-electron chi connectivity index (χ4n) is 2.04. The van der Waals surface area contributed by atoms with Crippen LogP contribution < -0.4 is 10.2 Å². The molecule has 1 N–H and O–H groups in total. The average Bonchev–Trinajstić information content (AvgIpc) is 2.93. The molecule has 1 aromatic heterocycles. The van der Waals surface area contributed by atoms with Crippen molar-refractivity contribution in [2.75, 3.05) is 18.5 Å². The summed E-state index contributed by atoms with van der Waals surface area (Å²) in [5.41, 5.74) is 2.45. The molecule has 1 unspecified atom stereocenters. The van der Waals surface area contributed by atoms with Gasteiger partial charge < -0.3 is 10.2 Å². The number of aryl methyl sites for hydroxylation is 1. The van der Waals surface area contributed by atoms with Gasteiger partial charge in [-0.15, -0.1) is 0 Å². The third-order valence-corrected chi connectivity index (χ3v) is 4.57. The maximum absolute atomic E-state index is 4.56. The first-order valence-corrected chi connectivity index (χ1v) is 7.93. The van der Waals surface area contributed by atoms with Crippen molar-refractivity contribution in [3.8, 4) is 0 Å². The zero-order chi connectivity index (χ0) is 14.5. The van der Waals surface area contributed by atoms with Crippen LogP contribution in [0.5, 0.6) is 0 Å². The molecule has 1 aromatic carbocycles. The highest BCUT2D eigenvalue weighted by molar-refractivity contribution is 7.15. The number of thiazole rings is 1. The lowest BCUT2D eigenvalue weighted by Gasteiger charge is -2.16. The Hall–Kier alpha value is -1.39. The molecule has 1 heterocycles. The van der Waals surface area contributed by atoms with Gasteiger partial charge in [-0.2, -0.15) is 0 Å². The second-order valence-corrected chi connectivity index (χ2v) is 6.16. The first-order valence-electron chi connectivity index (χ1n) is 7.11. The van der Waals surface area contributed by atoms with Crippen molar-refractivity contribution >= 4 is 22.2 Å². The number of nitrogens with one attached hydrogen (secondary N) is 1. The maximum Gasteiger partial charge on any atom is 0.189 e. The van der Waals surface area contributed by atoms with Gasteiger partial charge in [-0.25, -0.2) is 4.98 Å². The molecule has 3 nitrogen and oxygen atoms in total. The van der Waals surface area contributed by atoms with Crippen LogP contribution in [0.2, 0.25) is 0 Å². The highest BCUT2D eigenvalue weighted by Gasteiger charge is 2.12. The molecule has 0 fully saturated rings. The predicted molar refractivity (Wildman–Crippen MR) is 88.1 cm³/mol. The van der Waals surface area contributed by atoms with E-state index in [1.807, 2.05) is 6.20 Å². The number of nitrogens with zero attached hydrogens (tertiary/aromatic N) is 2. The van der Waals surface area contributed by atoms with Crippen LogP contribution >= 0.6 is 11.3 Å². The van der Waals surface area contributed by atoms with Gasteiger partial charge in [-0.05, 0) is 44.5 Å². The molecule has 0 bridgehead atoms. The van der Waals surface area contributed by atoms with E-state index in [9.17, 15) is 0 Å². The Morgan fingerprint density at radius 1 is 1.40 bits per heavy atom. The van der Waals surface area contributed by atoms with E-state index < -0.39 is 0 Å². The monoisotopic (exact) mass is 289 g/mol. The smallest absolute Gasteiger partial charge is 0.189 e. The molecule has 0 radical (unpaired) electrons. The molecule has 108 valence electrons. The lowest BCUT2D eigenvalue weighted by molar-refractivity contribution is 0.577. The van der Waals surface area contributed by atoms with Crippen LogP contribution in [0.15, 0.2) is 30.5 Å². The molecular weight excluding hydrogens is 266 g/mol. The molecule has 1 atom stereocenters. The summed E-state index contributed by atoms with van der Waals surface area (Å²) in [6.45, 7) is 7.53. The van der Waals surface area contributed by atoms with E-state index in [-0.39, 0.29) is 0 Å². The standard InChI is InChI=1S/C16H23N3S/c1-5-9-17-13(3)15-11-18-16(20-15)19(4)14-8-6-7-12(2)10-14/h6-8,10-11,13,17H,5,9H2,1-4H3. The summed E-state index contributed by atoms with van der Waals surface area (Å²) < 4.78 is 0. The molecule has 2 aromatic rings. The fraction of sp³-hybridized carbons (Fsp3) is 0.438. The Bertz CT molecular complexity index is 550. The molecular formula is C16H23N3S. The molecule has 0 saturated carbocycles. The summed E-state index contributed by atoms with van der Waals surface area (Å²) >= 11 is 1.75. The van der Waals surface area contributed by atoms with E-state index in [1.54, 1.807) is 11.3 Å². The van der Waals surface area contributed by atoms with Crippen molar-refractivity contribution in [1.82, 2.24) is 10.3 Å². The van der Waals surface area contributed by atoms with Crippen LogP contribution in [0.1, 0.15) is 36.8 Å².